The van der Waals surface area contributed by atoms with Crippen LogP contribution in [0.1, 0.15) is 13.3 Å². The maximum absolute atomic E-state index is 10.3. The summed E-state index contributed by atoms with van der Waals surface area (Å²) in [5.74, 6) is 0. The van der Waals surface area contributed by atoms with E-state index in [2.05, 4.69) is 5.32 Å². The monoisotopic (exact) mass is 142 g/mol. The molecule has 0 heterocycles. The SMILES string of the molecule is CCC(N)=C(C=O)CNC. The van der Waals surface area contributed by atoms with Gasteiger partial charge >= 0.3 is 0 Å². The van der Waals surface area contributed by atoms with Crippen molar-refractivity contribution < 1.29 is 4.79 Å². The molecule has 0 fully saturated rings. The maximum Gasteiger partial charge on any atom is 0.149 e. The number of rotatable bonds is 4. The van der Waals surface area contributed by atoms with E-state index in [4.69, 9.17) is 5.73 Å². The van der Waals surface area contributed by atoms with Crippen LogP contribution in [-0.4, -0.2) is 19.9 Å². The fraction of sp³-hybridized carbons (Fsp3) is 0.571. The minimum absolute atomic E-state index is 0.559. The van der Waals surface area contributed by atoms with E-state index in [1.54, 1.807) is 7.05 Å². The zero-order valence-corrected chi connectivity index (χ0v) is 6.48. The van der Waals surface area contributed by atoms with Crippen LogP contribution in [0.25, 0.3) is 0 Å². The summed E-state index contributed by atoms with van der Waals surface area (Å²) in [6.07, 6.45) is 1.53. The summed E-state index contributed by atoms with van der Waals surface area (Å²) < 4.78 is 0. The molecule has 58 valence electrons. The van der Waals surface area contributed by atoms with Crippen LogP contribution >= 0.6 is 0 Å². The fourth-order valence-electron chi connectivity index (χ4n) is 0.648. The molecule has 0 aromatic rings. The van der Waals surface area contributed by atoms with Crippen molar-refractivity contribution in [2.24, 2.45) is 5.73 Å². The van der Waals surface area contributed by atoms with Crippen LogP contribution in [0.2, 0.25) is 0 Å². The van der Waals surface area contributed by atoms with Gasteiger partial charge in [0.2, 0.25) is 0 Å². The van der Waals surface area contributed by atoms with Gasteiger partial charge in [-0.15, -0.1) is 0 Å². The molecule has 0 spiro atoms. The lowest BCUT2D eigenvalue weighted by atomic mass is 10.2. The molecule has 0 saturated heterocycles. The quantitative estimate of drug-likeness (QED) is 0.430. The van der Waals surface area contributed by atoms with Gasteiger partial charge in [0, 0.05) is 17.8 Å². The molecule has 0 aliphatic heterocycles. The van der Waals surface area contributed by atoms with Gasteiger partial charge in [-0.2, -0.15) is 0 Å². The highest BCUT2D eigenvalue weighted by atomic mass is 16.1. The zero-order chi connectivity index (χ0) is 7.98. The Morgan fingerprint density at radius 3 is 2.60 bits per heavy atom. The number of nitrogens with one attached hydrogen (secondary N) is 1. The molecular weight excluding hydrogens is 128 g/mol. The highest BCUT2D eigenvalue weighted by Crippen LogP contribution is 1.97. The first-order chi connectivity index (χ1) is 4.76. The van der Waals surface area contributed by atoms with Gasteiger partial charge in [-0.1, -0.05) is 6.92 Å². The summed E-state index contributed by atoms with van der Waals surface area (Å²) in [5, 5.41) is 2.86. The normalized spacial score (nSPS) is 12.6. The van der Waals surface area contributed by atoms with Gasteiger partial charge in [0.1, 0.15) is 6.29 Å². The van der Waals surface area contributed by atoms with Crippen LogP contribution in [0.3, 0.4) is 0 Å². The van der Waals surface area contributed by atoms with Crippen LogP contribution in [-0.2, 0) is 4.79 Å². The van der Waals surface area contributed by atoms with E-state index in [0.717, 1.165) is 12.7 Å². The number of hydrogen-bond donors (Lipinski definition) is 2. The zero-order valence-electron chi connectivity index (χ0n) is 6.48. The average molecular weight is 142 g/mol. The van der Waals surface area contributed by atoms with Crippen molar-refractivity contribution in [3.05, 3.63) is 11.3 Å². The lowest BCUT2D eigenvalue weighted by Crippen LogP contribution is -2.15. The fourth-order valence-corrected chi connectivity index (χ4v) is 0.648. The van der Waals surface area contributed by atoms with Crippen LogP contribution in [0.4, 0.5) is 0 Å². The Morgan fingerprint density at radius 1 is 1.70 bits per heavy atom. The van der Waals surface area contributed by atoms with E-state index in [0.29, 0.717) is 17.8 Å². The lowest BCUT2D eigenvalue weighted by molar-refractivity contribution is -0.105. The van der Waals surface area contributed by atoms with Gasteiger partial charge in [-0.05, 0) is 13.5 Å². The minimum atomic E-state index is 0.559. The number of hydrogen-bond acceptors (Lipinski definition) is 3. The van der Waals surface area contributed by atoms with Crippen LogP contribution < -0.4 is 11.1 Å². The van der Waals surface area contributed by atoms with Crippen molar-refractivity contribution in [3.8, 4) is 0 Å². The van der Waals surface area contributed by atoms with Gasteiger partial charge in [-0.3, -0.25) is 4.79 Å². The predicted octanol–water partition coefficient (Wildman–Crippen LogP) is 0.0275. The van der Waals surface area contributed by atoms with Crippen molar-refractivity contribution in [2.45, 2.75) is 13.3 Å². The number of likely N-dealkylation sites (N-methyl/N-ethyl adjacent to an activating group) is 1. The second kappa shape index (κ2) is 4.99. The topological polar surface area (TPSA) is 55.1 Å². The Morgan fingerprint density at radius 2 is 2.30 bits per heavy atom. The lowest BCUT2D eigenvalue weighted by Gasteiger charge is -2.01. The standard InChI is InChI=1S/C7H14N2O/c1-3-7(8)6(5-10)4-9-2/h5,9H,3-4,8H2,1-2H3. The van der Waals surface area contributed by atoms with Crippen molar-refractivity contribution >= 4 is 6.29 Å². The molecule has 0 aromatic heterocycles. The number of carbonyl (C=O) groups is 1. The second-order valence-corrected chi connectivity index (χ2v) is 2.05. The first-order valence-electron chi connectivity index (χ1n) is 3.33. The minimum Gasteiger partial charge on any atom is -0.402 e. The molecule has 3 N–H and O–H groups in total. The first kappa shape index (κ1) is 9.17. The van der Waals surface area contributed by atoms with E-state index in [1.165, 1.54) is 0 Å². The molecule has 0 atom stereocenters. The second-order valence-electron chi connectivity index (χ2n) is 2.05. The van der Waals surface area contributed by atoms with E-state index in [1.807, 2.05) is 6.92 Å². The average Bonchev–Trinajstić information content (AvgIpc) is 1.99. The van der Waals surface area contributed by atoms with Gasteiger partial charge in [0.15, 0.2) is 0 Å². The molecule has 0 bridgehead atoms. The molecule has 0 aromatic carbocycles. The molecule has 3 nitrogen and oxygen atoms in total. The van der Waals surface area contributed by atoms with E-state index in [9.17, 15) is 4.79 Å². The number of nitrogens with two attached hydrogens (primary N) is 1. The third-order valence-electron chi connectivity index (χ3n) is 1.30. The number of carbonyl (C=O) groups excluding carboxylic acids is 1. The summed E-state index contributed by atoms with van der Waals surface area (Å²) in [6, 6.07) is 0. The van der Waals surface area contributed by atoms with Crippen molar-refractivity contribution in [3.63, 3.8) is 0 Å². The predicted molar refractivity (Wildman–Crippen MR) is 41.5 cm³/mol. The molecule has 0 aliphatic carbocycles. The van der Waals surface area contributed by atoms with Crippen LogP contribution in [0.5, 0.6) is 0 Å². The highest BCUT2D eigenvalue weighted by Gasteiger charge is 1.97. The Bertz CT molecular complexity index is 141. The summed E-state index contributed by atoms with van der Waals surface area (Å²) in [4.78, 5) is 10.3. The Balaban J connectivity index is 4.14. The van der Waals surface area contributed by atoms with E-state index >= 15 is 0 Å². The summed E-state index contributed by atoms with van der Waals surface area (Å²) >= 11 is 0. The summed E-state index contributed by atoms with van der Waals surface area (Å²) in [7, 11) is 1.78. The van der Waals surface area contributed by atoms with Gasteiger partial charge in [-0.25, -0.2) is 0 Å². The van der Waals surface area contributed by atoms with E-state index in [-0.39, 0.29) is 0 Å². The Kier molecular flexibility index (Phi) is 4.58. The van der Waals surface area contributed by atoms with Gasteiger partial charge in [0.05, 0.1) is 0 Å². The smallest absolute Gasteiger partial charge is 0.149 e. The molecule has 0 radical (unpaired) electrons. The van der Waals surface area contributed by atoms with E-state index < -0.39 is 0 Å². The summed E-state index contributed by atoms with van der Waals surface area (Å²) in [6.45, 7) is 2.48. The summed E-state index contributed by atoms with van der Waals surface area (Å²) in [5.41, 5.74) is 6.85. The largest absolute Gasteiger partial charge is 0.402 e. The van der Waals surface area contributed by atoms with Gasteiger partial charge in [0.25, 0.3) is 0 Å². The van der Waals surface area contributed by atoms with Crippen LogP contribution in [0.15, 0.2) is 11.3 Å². The van der Waals surface area contributed by atoms with Crippen molar-refractivity contribution in [1.82, 2.24) is 5.32 Å². The van der Waals surface area contributed by atoms with Crippen molar-refractivity contribution in [1.29, 1.82) is 0 Å². The van der Waals surface area contributed by atoms with Crippen LogP contribution in [0, 0.1) is 0 Å². The highest BCUT2D eigenvalue weighted by molar-refractivity contribution is 5.74. The number of aldehydes is 1. The molecule has 3 heteroatoms. The molecule has 0 saturated carbocycles. The molecule has 0 unspecified atom stereocenters. The maximum atomic E-state index is 10.3. The first-order valence-corrected chi connectivity index (χ1v) is 3.33. The van der Waals surface area contributed by atoms with Gasteiger partial charge < -0.3 is 11.1 Å². The third-order valence-corrected chi connectivity index (χ3v) is 1.30. The molecular formula is C7H14N2O. The van der Waals surface area contributed by atoms with Crippen molar-refractivity contribution in [2.75, 3.05) is 13.6 Å². The number of allylic oxidation sites excluding steroid dienone is 1. The molecule has 0 rings (SSSR count). The Labute approximate surface area is 61.3 Å². The third kappa shape index (κ3) is 2.64. The Hall–Kier alpha value is -0.830. The molecule has 10 heavy (non-hydrogen) atoms. The molecule has 0 aliphatic rings. The molecule has 0 amide bonds.